The van der Waals surface area contributed by atoms with Crippen molar-refractivity contribution in [2.75, 3.05) is 13.6 Å². The summed E-state index contributed by atoms with van der Waals surface area (Å²) in [5.41, 5.74) is 1.69. The molecule has 0 aromatic rings. The van der Waals surface area contributed by atoms with Gasteiger partial charge in [-0.3, -0.25) is 0 Å². The number of allylic oxidation sites excluding steroid dienone is 1. The second-order valence-electron chi connectivity index (χ2n) is 2.70. The van der Waals surface area contributed by atoms with Crippen molar-refractivity contribution in [1.82, 2.24) is 0 Å². The largest absolute Gasteiger partial charge is 0.348 e. The first kappa shape index (κ1) is 6.81. The monoisotopic (exact) mass is 126 g/mol. The van der Waals surface area contributed by atoms with Gasteiger partial charge in [-0.2, -0.15) is 0 Å². The summed E-state index contributed by atoms with van der Waals surface area (Å²) in [4.78, 5) is 0. The minimum absolute atomic E-state index is 1.27. The van der Waals surface area contributed by atoms with Crippen LogP contribution in [0.4, 0.5) is 0 Å². The number of rotatable bonds is 3. The summed E-state index contributed by atoms with van der Waals surface area (Å²) < 4.78 is 0. The van der Waals surface area contributed by atoms with Gasteiger partial charge in [0.2, 0.25) is 0 Å². The molecular weight excluding hydrogens is 110 g/mol. The Hall–Kier alpha value is -0.300. The van der Waals surface area contributed by atoms with E-state index in [2.05, 4.69) is 18.4 Å². The van der Waals surface area contributed by atoms with Crippen LogP contribution >= 0.6 is 0 Å². The molecule has 0 spiro atoms. The molecule has 0 radical (unpaired) electrons. The van der Waals surface area contributed by atoms with E-state index in [4.69, 9.17) is 0 Å². The van der Waals surface area contributed by atoms with Crippen LogP contribution in [-0.2, 0) is 0 Å². The van der Waals surface area contributed by atoms with Crippen molar-refractivity contribution in [2.24, 2.45) is 0 Å². The molecule has 0 aromatic carbocycles. The Morgan fingerprint density at radius 3 is 3.11 bits per heavy atom. The maximum Gasteiger partial charge on any atom is 0.0791 e. The highest BCUT2D eigenvalue weighted by Gasteiger charge is 2.03. The average molecular weight is 126 g/mol. The van der Waals surface area contributed by atoms with Crippen LogP contribution in [0.25, 0.3) is 0 Å². The van der Waals surface area contributed by atoms with Crippen LogP contribution in [0, 0.1) is 0 Å². The van der Waals surface area contributed by atoms with E-state index in [-0.39, 0.29) is 0 Å². The van der Waals surface area contributed by atoms with Gasteiger partial charge in [0.05, 0.1) is 13.6 Å². The lowest BCUT2D eigenvalue weighted by Crippen LogP contribution is -2.79. The van der Waals surface area contributed by atoms with Crippen molar-refractivity contribution in [2.45, 2.75) is 25.7 Å². The summed E-state index contributed by atoms with van der Waals surface area (Å²) in [5, 5.41) is 2.25. The first-order valence-electron chi connectivity index (χ1n) is 3.89. The van der Waals surface area contributed by atoms with Gasteiger partial charge in [0.1, 0.15) is 0 Å². The van der Waals surface area contributed by atoms with Gasteiger partial charge in [0.15, 0.2) is 0 Å². The summed E-state index contributed by atoms with van der Waals surface area (Å²) in [6, 6.07) is 0. The zero-order valence-electron chi connectivity index (χ0n) is 6.19. The predicted octanol–water partition coefficient (Wildman–Crippen LogP) is 0.680. The van der Waals surface area contributed by atoms with Gasteiger partial charge in [-0.05, 0) is 19.3 Å². The summed E-state index contributed by atoms with van der Waals surface area (Å²) in [7, 11) is 2.13. The van der Waals surface area contributed by atoms with Gasteiger partial charge >= 0.3 is 0 Å². The van der Waals surface area contributed by atoms with Gasteiger partial charge in [0.25, 0.3) is 0 Å². The van der Waals surface area contributed by atoms with E-state index < -0.39 is 0 Å². The van der Waals surface area contributed by atoms with Gasteiger partial charge in [-0.1, -0.05) is 11.6 Å². The van der Waals surface area contributed by atoms with Gasteiger partial charge in [-0.25, -0.2) is 0 Å². The molecule has 0 fully saturated rings. The second-order valence-corrected chi connectivity index (χ2v) is 2.70. The zero-order chi connectivity index (χ0) is 6.53. The third-order valence-corrected chi connectivity index (χ3v) is 1.89. The maximum atomic E-state index is 2.41. The van der Waals surface area contributed by atoms with Crippen molar-refractivity contribution < 1.29 is 5.32 Å². The summed E-state index contributed by atoms with van der Waals surface area (Å²) in [6.45, 7) is 1.27. The summed E-state index contributed by atoms with van der Waals surface area (Å²) >= 11 is 0. The molecule has 0 unspecified atom stereocenters. The zero-order valence-corrected chi connectivity index (χ0v) is 6.19. The van der Waals surface area contributed by atoms with Crippen molar-refractivity contribution in [3.63, 3.8) is 0 Å². The fourth-order valence-electron chi connectivity index (χ4n) is 1.29. The fourth-order valence-corrected chi connectivity index (χ4v) is 1.29. The van der Waals surface area contributed by atoms with E-state index in [0.717, 1.165) is 0 Å². The van der Waals surface area contributed by atoms with Gasteiger partial charge < -0.3 is 5.32 Å². The quantitative estimate of drug-likeness (QED) is 0.535. The van der Waals surface area contributed by atoms with E-state index >= 15 is 0 Å². The van der Waals surface area contributed by atoms with Gasteiger partial charge in [-0.15, -0.1) is 0 Å². The molecule has 0 amide bonds. The molecule has 0 bridgehead atoms. The van der Waals surface area contributed by atoms with E-state index in [1.165, 1.54) is 32.2 Å². The topological polar surface area (TPSA) is 16.6 Å². The molecule has 2 N–H and O–H groups in total. The Bertz CT molecular complexity index is 105. The summed E-state index contributed by atoms with van der Waals surface area (Å²) in [5.74, 6) is 0. The second kappa shape index (κ2) is 3.67. The normalized spacial score (nSPS) is 18.1. The highest BCUT2D eigenvalue weighted by atomic mass is 14.8. The van der Waals surface area contributed by atoms with E-state index in [1.807, 2.05) is 0 Å². The number of hydrogen-bond acceptors (Lipinski definition) is 0. The molecule has 9 heavy (non-hydrogen) atoms. The lowest BCUT2D eigenvalue weighted by atomic mass is 10.2. The third-order valence-electron chi connectivity index (χ3n) is 1.89. The Labute approximate surface area is 57.1 Å². The van der Waals surface area contributed by atoms with Crippen molar-refractivity contribution in [3.8, 4) is 0 Å². The molecule has 0 atom stereocenters. The SMILES string of the molecule is C[NH2+]CCC1=CCCC1. The molecule has 1 heteroatoms. The Morgan fingerprint density at radius 1 is 1.67 bits per heavy atom. The van der Waals surface area contributed by atoms with Gasteiger partial charge in [0, 0.05) is 6.42 Å². The molecule has 0 heterocycles. The van der Waals surface area contributed by atoms with Crippen LogP contribution in [0.1, 0.15) is 25.7 Å². The van der Waals surface area contributed by atoms with Crippen LogP contribution in [-0.4, -0.2) is 13.6 Å². The molecule has 0 saturated carbocycles. The van der Waals surface area contributed by atoms with Crippen molar-refractivity contribution in [1.29, 1.82) is 0 Å². The fraction of sp³-hybridized carbons (Fsp3) is 0.750. The first-order chi connectivity index (χ1) is 4.43. The van der Waals surface area contributed by atoms with Crippen LogP contribution in [0.2, 0.25) is 0 Å². The average Bonchev–Trinajstić information content (AvgIpc) is 2.34. The number of nitrogens with two attached hydrogens (primary N) is 1. The molecule has 0 aliphatic heterocycles. The number of hydrogen-bond donors (Lipinski definition) is 1. The maximum absolute atomic E-state index is 2.41. The lowest BCUT2D eigenvalue weighted by Gasteiger charge is -1.96. The highest BCUT2D eigenvalue weighted by Crippen LogP contribution is 2.19. The minimum Gasteiger partial charge on any atom is -0.348 e. The van der Waals surface area contributed by atoms with Crippen LogP contribution in [0.15, 0.2) is 11.6 Å². The molecule has 1 aliphatic rings. The molecule has 1 aliphatic carbocycles. The predicted molar refractivity (Wildman–Crippen MR) is 39.3 cm³/mol. The Kier molecular flexibility index (Phi) is 2.78. The minimum atomic E-state index is 1.27. The standard InChI is InChI=1S/C8H15N/c1-9-7-6-8-4-2-3-5-8/h4,9H,2-3,5-7H2,1H3/p+1. The molecule has 0 aromatic heterocycles. The Balaban J connectivity index is 2.11. The van der Waals surface area contributed by atoms with Crippen molar-refractivity contribution >= 4 is 0 Å². The van der Waals surface area contributed by atoms with Crippen LogP contribution in [0.3, 0.4) is 0 Å². The van der Waals surface area contributed by atoms with E-state index in [1.54, 1.807) is 5.57 Å². The molecular formula is C8H16N+. The van der Waals surface area contributed by atoms with Crippen LogP contribution in [0.5, 0.6) is 0 Å². The molecule has 0 saturated heterocycles. The highest BCUT2D eigenvalue weighted by molar-refractivity contribution is 5.06. The smallest absolute Gasteiger partial charge is 0.0791 e. The molecule has 1 nitrogen and oxygen atoms in total. The summed E-state index contributed by atoms with van der Waals surface area (Å²) in [6.07, 6.45) is 7.83. The molecule has 52 valence electrons. The Morgan fingerprint density at radius 2 is 2.56 bits per heavy atom. The lowest BCUT2D eigenvalue weighted by molar-refractivity contribution is -0.626. The van der Waals surface area contributed by atoms with Crippen LogP contribution < -0.4 is 5.32 Å². The van der Waals surface area contributed by atoms with Crippen molar-refractivity contribution in [3.05, 3.63) is 11.6 Å². The number of quaternary nitrogens is 1. The molecule has 1 rings (SSSR count). The van der Waals surface area contributed by atoms with E-state index in [0.29, 0.717) is 0 Å². The first-order valence-corrected chi connectivity index (χ1v) is 3.89. The third kappa shape index (κ3) is 2.19. The van der Waals surface area contributed by atoms with E-state index in [9.17, 15) is 0 Å².